The Morgan fingerprint density at radius 1 is 1.32 bits per heavy atom. The minimum atomic E-state index is 0.594. The lowest BCUT2D eigenvalue weighted by Gasteiger charge is -2.34. The largest absolute Gasteiger partial charge is 0.384 e. The van der Waals surface area contributed by atoms with Crippen molar-refractivity contribution < 1.29 is 0 Å². The molecule has 1 atom stereocenters. The predicted molar refractivity (Wildman–Crippen MR) is 79.2 cm³/mol. The van der Waals surface area contributed by atoms with Gasteiger partial charge in [0.1, 0.15) is 5.82 Å². The van der Waals surface area contributed by atoms with Gasteiger partial charge in [-0.25, -0.2) is 4.98 Å². The van der Waals surface area contributed by atoms with E-state index in [-0.39, 0.29) is 0 Å². The Hall–Kier alpha value is -2.03. The average Bonchev–Trinajstić information content (AvgIpc) is 2.42. The summed E-state index contributed by atoms with van der Waals surface area (Å²) in [6.07, 6.45) is 2.99. The molecule has 2 N–H and O–H groups in total. The van der Waals surface area contributed by atoms with Gasteiger partial charge in [-0.15, -0.1) is 0 Å². The highest BCUT2D eigenvalue weighted by Crippen LogP contribution is 2.35. The molecular formula is C16H19N3. The molecule has 2 aromatic rings. The molecule has 0 fully saturated rings. The highest BCUT2D eigenvalue weighted by Gasteiger charge is 2.21. The monoisotopic (exact) mass is 253 g/mol. The minimum absolute atomic E-state index is 0.594. The van der Waals surface area contributed by atoms with Crippen LogP contribution in [0.15, 0.2) is 42.6 Å². The van der Waals surface area contributed by atoms with E-state index in [0.29, 0.717) is 11.7 Å². The fourth-order valence-corrected chi connectivity index (χ4v) is 2.80. The summed E-state index contributed by atoms with van der Waals surface area (Å²) in [5.41, 5.74) is 9.78. The number of fused-ring (bicyclic) bond motifs is 1. The van der Waals surface area contributed by atoms with Crippen molar-refractivity contribution >= 4 is 11.5 Å². The number of hydrogen-bond donors (Lipinski definition) is 1. The number of nitrogen functional groups attached to an aromatic ring is 1. The molecule has 0 saturated heterocycles. The third kappa shape index (κ3) is 2.41. The molecule has 3 heteroatoms. The molecule has 0 aliphatic carbocycles. The van der Waals surface area contributed by atoms with Crippen molar-refractivity contribution in [1.29, 1.82) is 0 Å². The molecule has 1 aromatic heterocycles. The fraction of sp³-hybridized carbons (Fsp3) is 0.312. The van der Waals surface area contributed by atoms with Crippen LogP contribution in [0.25, 0.3) is 0 Å². The van der Waals surface area contributed by atoms with E-state index in [1.54, 1.807) is 6.20 Å². The second kappa shape index (κ2) is 4.92. The number of anilines is 2. The summed E-state index contributed by atoms with van der Waals surface area (Å²) >= 11 is 0. The number of rotatable bonds is 2. The van der Waals surface area contributed by atoms with Crippen molar-refractivity contribution in [2.24, 2.45) is 0 Å². The average molecular weight is 253 g/mol. The van der Waals surface area contributed by atoms with Crippen LogP contribution in [0.3, 0.4) is 0 Å². The maximum absolute atomic E-state index is 5.75. The van der Waals surface area contributed by atoms with Crippen LogP contribution in [0.1, 0.15) is 30.4 Å². The number of aromatic nitrogens is 1. The first kappa shape index (κ1) is 12.0. The van der Waals surface area contributed by atoms with Gasteiger partial charge in [0.2, 0.25) is 0 Å². The van der Waals surface area contributed by atoms with Crippen molar-refractivity contribution in [3.63, 3.8) is 0 Å². The molecule has 1 unspecified atom stereocenters. The normalized spacial score (nSPS) is 18.2. The molecule has 1 aliphatic heterocycles. The van der Waals surface area contributed by atoms with Crippen LogP contribution in [-0.4, -0.2) is 11.5 Å². The van der Waals surface area contributed by atoms with Gasteiger partial charge in [-0.2, -0.15) is 0 Å². The molecule has 3 nitrogen and oxygen atoms in total. The number of pyridine rings is 1. The van der Waals surface area contributed by atoms with E-state index in [0.717, 1.165) is 13.1 Å². The number of para-hydroxylation sites is 1. The fourth-order valence-electron chi connectivity index (χ4n) is 2.80. The Labute approximate surface area is 114 Å². The lowest BCUT2D eigenvalue weighted by Crippen LogP contribution is -2.30. The number of nitrogens with two attached hydrogens (primary N) is 1. The molecule has 0 radical (unpaired) electrons. The molecule has 0 bridgehead atoms. The smallest absolute Gasteiger partial charge is 0.123 e. The topological polar surface area (TPSA) is 42.2 Å². The van der Waals surface area contributed by atoms with E-state index < -0.39 is 0 Å². The summed E-state index contributed by atoms with van der Waals surface area (Å²) in [5, 5.41) is 0. The van der Waals surface area contributed by atoms with Crippen molar-refractivity contribution in [3.05, 3.63) is 53.7 Å². The standard InChI is InChI=1S/C16H19N3/c1-12-7-9-19(15-5-3-2-4-14(12)15)11-13-6-8-18-16(17)10-13/h2-6,8,10,12H,7,9,11H2,1H3,(H2,17,18). The zero-order valence-corrected chi connectivity index (χ0v) is 11.2. The zero-order chi connectivity index (χ0) is 13.2. The van der Waals surface area contributed by atoms with Crippen LogP contribution >= 0.6 is 0 Å². The summed E-state index contributed by atoms with van der Waals surface area (Å²) in [4.78, 5) is 6.48. The van der Waals surface area contributed by atoms with E-state index in [2.05, 4.69) is 41.1 Å². The van der Waals surface area contributed by atoms with Gasteiger partial charge in [0.25, 0.3) is 0 Å². The van der Waals surface area contributed by atoms with E-state index in [9.17, 15) is 0 Å². The summed E-state index contributed by atoms with van der Waals surface area (Å²) in [6, 6.07) is 12.7. The van der Waals surface area contributed by atoms with Gasteiger partial charge in [-0.05, 0) is 41.7 Å². The molecule has 98 valence electrons. The van der Waals surface area contributed by atoms with Gasteiger partial charge in [0, 0.05) is 25.0 Å². The SMILES string of the molecule is CC1CCN(Cc2ccnc(N)c2)c2ccccc21. The second-order valence-electron chi connectivity index (χ2n) is 5.26. The minimum Gasteiger partial charge on any atom is -0.384 e. The van der Waals surface area contributed by atoms with Crippen molar-refractivity contribution in [2.45, 2.75) is 25.8 Å². The zero-order valence-electron chi connectivity index (χ0n) is 11.2. The van der Waals surface area contributed by atoms with Crippen LogP contribution in [0.4, 0.5) is 11.5 Å². The molecule has 3 rings (SSSR count). The van der Waals surface area contributed by atoms with Crippen molar-refractivity contribution in [3.8, 4) is 0 Å². The number of nitrogens with zero attached hydrogens (tertiary/aromatic N) is 2. The summed E-state index contributed by atoms with van der Waals surface area (Å²) in [5.74, 6) is 1.24. The molecule has 0 spiro atoms. The van der Waals surface area contributed by atoms with Crippen molar-refractivity contribution in [2.75, 3.05) is 17.2 Å². The molecule has 1 aromatic carbocycles. The second-order valence-corrected chi connectivity index (χ2v) is 5.26. The molecule has 19 heavy (non-hydrogen) atoms. The third-order valence-electron chi connectivity index (χ3n) is 3.86. The van der Waals surface area contributed by atoms with Gasteiger partial charge in [0.15, 0.2) is 0 Å². The summed E-state index contributed by atoms with van der Waals surface area (Å²) in [7, 11) is 0. The lowest BCUT2D eigenvalue weighted by atomic mass is 9.91. The first-order valence-corrected chi connectivity index (χ1v) is 6.78. The summed E-state index contributed by atoms with van der Waals surface area (Å²) < 4.78 is 0. The van der Waals surface area contributed by atoms with Gasteiger partial charge in [-0.3, -0.25) is 0 Å². The highest BCUT2D eigenvalue weighted by molar-refractivity contribution is 5.57. The Balaban J connectivity index is 1.89. The quantitative estimate of drug-likeness (QED) is 0.893. The molecule has 0 amide bonds. The van der Waals surface area contributed by atoms with Crippen LogP contribution in [0, 0.1) is 0 Å². The Morgan fingerprint density at radius 3 is 3.00 bits per heavy atom. The van der Waals surface area contributed by atoms with Gasteiger partial charge >= 0.3 is 0 Å². The Bertz CT molecular complexity index is 580. The maximum Gasteiger partial charge on any atom is 0.123 e. The first-order chi connectivity index (χ1) is 9.24. The number of hydrogen-bond acceptors (Lipinski definition) is 3. The number of benzene rings is 1. The van der Waals surface area contributed by atoms with E-state index >= 15 is 0 Å². The maximum atomic E-state index is 5.75. The van der Waals surface area contributed by atoms with Crippen molar-refractivity contribution in [1.82, 2.24) is 4.98 Å². The van der Waals surface area contributed by atoms with E-state index in [4.69, 9.17) is 5.73 Å². The van der Waals surface area contributed by atoms with Gasteiger partial charge in [0.05, 0.1) is 0 Å². The van der Waals surface area contributed by atoms with Crippen LogP contribution in [0.5, 0.6) is 0 Å². The Kier molecular flexibility index (Phi) is 3.11. The predicted octanol–water partition coefficient (Wildman–Crippen LogP) is 3.18. The van der Waals surface area contributed by atoms with Crippen LogP contribution < -0.4 is 10.6 Å². The van der Waals surface area contributed by atoms with Gasteiger partial charge in [-0.1, -0.05) is 25.1 Å². The third-order valence-corrected chi connectivity index (χ3v) is 3.86. The molecular weight excluding hydrogens is 234 g/mol. The van der Waals surface area contributed by atoms with Crippen LogP contribution in [0.2, 0.25) is 0 Å². The summed E-state index contributed by atoms with van der Waals surface area (Å²) in [6.45, 7) is 4.30. The molecule has 0 saturated carbocycles. The van der Waals surface area contributed by atoms with E-state index in [1.807, 2.05) is 12.1 Å². The van der Waals surface area contributed by atoms with Crippen LogP contribution in [-0.2, 0) is 6.54 Å². The Morgan fingerprint density at radius 2 is 2.16 bits per heavy atom. The highest BCUT2D eigenvalue weighted by atomic mass is 15.1. The van der Waals surface area contributed by atoms with Gasteiger partial charge < -0.3 is 10.6 Å². The lowest BCUT2D eigenvalue weighted by molar-refractivity contribution is 0.609. The first-order valence-electron chi connectivity index (χ1n) is 6.78. The molecule has 1 aliphatic rings. The molecule has 2 heterocycles. The van der Waals surface area contributed by atoms with E-state index in [1.165, 1.54) is 23.2 Å².